The first-order valence-corrected chi connectivity index (χ1v) is 7.41. The van der Waals surface area contributed by atoms with Gasteiger partial charge < -0.3 is 10.0 Å². The van der Waals surface area contributed by atoms with Crippen LogP contribution >= 0.6 is 0 Å². The normalized spacial score (nSPS) is 31.8. The van der Waals surface area contributed by atoms with E-state index in [1.54, 1.807) is 0 Å². The van der Waals surface area contributed by atoms with E-state index >= 15 is 0 Å². The Kier molecular flexibility index (Phi) is 5.94. The highest BCUT2D eigenvalue weighted by Gasteiger charge is 2.36. The molecule has 3 atom stereocenters. The first-order valence-electron chi connectivity index (χ1n) is 7.41. The molecular formula is C15H31NO. The van der Waals surface area contributed by atoms with Crippen LogP contribution in [0, 0.1) is 11.3 Å². The quantitative estimate of drug-likeness (QED) is 0.771. The number of rotatable bonds is 6. The Morgan fingerprint density at radius 2 is 2.12 bits per heavy atom. The van der Waals surface area contributed by atoms with Crippen molar-refractivity contribution in [3.63, 3.8) is 0 Å². The summed E-state index contributed by atoms with van der Waals surface area (Å²) in [5.74, 6) is 0.784. The van der Waals surface area contributed by atoms with Crippen molar-refractivity contribution in [2.45, 2.75) is 65.8 Å². The van der Waals surface area contributed by atoms with E-state index < -0.39 is 0 Å². The number of hydrogen-bond donors (Lipinski definition) is 1. The fourth-order valence-electron chi connectivity index (χ4n) is 3.37. The summed E-state index contributed by atoms with van der Waals surface area (Å²) >= 11 is 0. The lowest BCUT2D eigenvalue weighted by Gasteiger charge is -2.43. The third-order valence-electron chi connectivity index (χ3n) is 4.68. The molecule has 0 saturated heterocycles. The molecule has 1 fully saturated rings. The molecular weight excluding hydrogens is 210 g/mol. The number of hydrogen-bond acceptors (Lipinski definition) is 2. The minimum absolute atomic E-state index is 0.178. The third-order valence-corrected chi connectivity index (χ3v) is 4.68. The summed E-state index contributed by atoms with van der Waals surface area (Å²) in [6.45, 7) is 11.7. The van der Waals surface area contributed by atoms with Gasteiger partial charge in [0.05, 0.1) is 0 Å². The average molecular weight is 241 g/mol. The highest BCUT2D eigenvalue weighted by molar-refractivity contribution is 4.88. The lowest BCUT2D eigenvalue weighted by Crippen LogP contribution is -2.46. The molecule has 17 heavy (non-hydrogen) atoms. The van der Waals surface area contributed by atoms with Crippen LogP contribution in [-0.4, -0.2) is 35.7 Å². The summed E-state index contributed by atoms with van der Waals surface area (Å²) in [7, 11) is 0. The summed E-state index contributed by atoms with van der Waals surface area (Å²) in [6, 6.07) is 0.639. The minimum atomic E-state index is 0.178. The van der Waals surface area contributed by atoms with Gasteiger partial charge in [0, 0.05) is 24.6 Å². The highest BCUT2D eigenvalue weighted by atomic mass is 16.3. The molecule has 0 heterocycles. The van der Waals surface area contributed by atoms with E-state index in [1.165, 1.54) is 32.1 Å². The van der Waals surface area contributed by atoms with E-state index in [-0.39, 0.29) is 5.41 Å². The van der Waals surface area contributed by atoms with Gasteiger partial charge >= 0.3 is 0 Å². The predicted molar refractivity (Wildman–Crippen MR) is 74.2 cm³/mol. The van der Waals surface area contributed by atoms with E-state index in [2.05, 4.69) is 32.6 Å². The van der Waals surface area contributed by atoms with Crippen LogP contribution < -0.4 is 0 Å². The molecule has 102 valence electrons. The molecule has 0 radical (unpaired) electrons. The summed E-state index contributed by atoms with van der Waals surface area (Å²) in [5.41, 5.74) is 0.178. The fourth-order valence-corrected chi connectivity index (χ4v) is 3.37. The Morgan fingerprint density at radius 3 is 2.59 bits per heavy atom. The smallest absolute Gasteiger partial charge is 0.0499 e. The topological polar surface area (TPSA) is 23.5 Å². The van der Waals surface area contributed by atoms with Crippen molar-refractivity contribution in [1.29, 1.82) is 0 Å². The van der Waals surface area contributed by atoms with Gasteiger partial charge in [-0.25, -0.2) is 0 Å². The second-order valence-electron chi connectivity index (χ2n) is 6.18. The minimum Gasteiger partial charge on any atom is -0.396 e. The van der Waals surface area contributed by atoms with Gasteiger partial charge in [0.2, 0.25) is 0 Å². The molecule has 3 unspecified atom stereocenters. The standard InChI is InChI=1S/C15H31NO/c1-5-14(4)16(6-2)11-15(12-17)9-7-8-13(3)10-15/h13-14,17H,5-12H2,1-4H3. The maximum atomic E-state index is 9.83. The number of aliphatic hydroxyl groups excluding tert-OH is 1. The molecule has 1 aliphatic rings. The van der Waals surface area contributed by atoms with Crippen LogP contribution in [0.4, 0.5) is 0 Å². The molecule has 0 spiro atoms. The lowest BCUT2D eigenvalue weighted by atomic mass is 9.70. The molecule has 1 aliphatic carbocycles. The van der Waals surface area contributed by atoms with Gasteiger partial charge in [0.1, 0.15) is 0 Å². The van der Waals surface area contributed by atoms with Crippen molar-refractivity contribution in [3.05, 3.63) is 0 Å². The molecule has 0 aromatic heterocycles. The van der Waals surface area contributed by atoms with Crippen molar-refractivity contribution in [3.8, 4) is 0 Å². The molecule has 1 N–H and O–H groups in total. The van der Waals surface area contributed by atoms with Gasteiger partial charge in [-0.05, 0) is 38.6 Å². The van der Waals surface area contributed by atoms with Gasteiger partial charge in [-0.2, -0.15) is 0 Å². The van der Waals surface area contributed by atoms with Crippen LogP contribution in [0.2, 0.25) is 0 Å². The summed E-state index contributed by atoms with van der Waals surface area (Å²) in [4.78, 5) is 2.55. The molecule has 1 rings (SSSR count). The van der Waals surface area contributed by atoms with Crippen LogP contribution in [0.5, 0.6) is 0 Å². The Labute approximate surface area is 107 Å². The number of nitrogens with zero attached hydrogens (tertiary/aromatic N) is 1. The Morgan fingerprint density at radius 1 is 1.41 bits per heavy atom. The van der Waals surface area contributed by atoms with Crippen LogP contribution in [-0.2, 0) is 0 Å². The summed E-state index contributed by atoms with van der Waals surface area (Å²) in [5, 5.41) is 9.83. The summed E-state index contributed by atoms with van der Waals surface area (Å²) in [6.07, 6.45) is 6.25. The number of aliphatic hydroxyl groups is 1. The van der Waals surface area contributed by atoms with Crippen molar-refractivity contribution >= 4 is 0 Å². The van der Waals surface area contributed by atoms with Crippen molar-refractivity contribution in [2.24, 2.45) is 11.3 Å². The average Bonchev–Trinajstić information content (AvgIpc) is 2.35. The van der Waals surface area contributed by atoms with E-state index in [0.29, 0.717) is 12.6 Å². The Bertz CT molecular complexity index is 219. The zero-order chi connectivity index (χ0) is 12.9. The van der Waals surface area contributed by atoms with Crippen molar-refractivity contribution in [1.82, 2.24) is 4.90 Å². The predicted octanol–water partition coefficient (Wildman–Crippen LogP) is 3.30. The zero-order valence-electron chi connectivity index (χ0n) is 12.2. The third kappa shape index (κ3) is 3.96. The SMILES string of the molecule is CCC(C)N(CC)CC1(CO)CCCC(C)C1. The molecule has 2 nitrogen and oxygen atoms in total. The van der Waals surface area contributed by atoms with Gasteiger partial charge in [0.15, 0.2) is 0 Å². The van der Waals surface area contributed by atoms with Crippen LogP contribution in [0.15, 0.2) is 0 Å². The molecule has 1 saturated carbocycles. The van der Waals surface area contributed by atoms with Crippen LogP contribution in [0.3, 0.4) is 0 Å². The molecule has 0 amide bonds. The fraction of sp³-hybridized carbons (Fsp3) is 1.00. The van der Waals surface area contributed by atoms with E-state index in [4.69, 9.17) is 0 Å². The molecule has 2 heteroatoms. The van der Waals surface area contributed by atoms with Crippen molar-refractivity contribution in [2.75, 3.05) is 19.7 Å². The van der Waals surface area contributed by atoms with Gasteiger partial charge in [-0.15, -0.1) is 0 Å². The van der Waals surface area contributed by atoms with E-state index in [0.717, 1.165) is 19.0 Å². The maximum absolute atomic E-state index is 9.83. The molecule has 0 aliphatic heterocycles. The van der Waals surface area contributed by atoms with E-state index in [1.807, 2.05) is 0 Å². The van der Waals surface area contributed by atoms with Gasteiger partial charge in [-0.3, -0.25) is 0 Å². The molecule has 0 bridgehead atoms. The Hall–Kier alpha value is -0.0800. The van der Waals surface area contributed by atoms with Crippen molar-refractivity contribution < 1.29 is 5.11 Å². The summed E-state index contributed by atoms with van der Waals surface area (Å²) < 4.78 is 0. The maximum Gasteiger partial charge on any atom is 0.0499 e. The Balaban J connectivity index is 2.66. The van der Waals surface area contributed by atoms with Crippen LogP contribution in [0.1, 0.15) is 59.8 Å². The van der Waals surface area contributed by atoms with Gasteiger partial charge in [0.25, 0.3) is 0 Å². The van der Waals surface area contributed by atoms with Gasteiger partial charge in [-0.1, -0.05) is 33.6 Å². The highest BCUT2D eigenvalue weighted by Crippen LogP contribution is 2.40. The van der Waals surface area contributed by atoms with E-state index in [9.17, 15) is 5.11 Å². The second kappa shape index (κ2) is 6.75. The second-order valence-corrected chi connectivity index (χ2v) is 6.18. The zero-order valence-corrected chi connectivity index (χ0v) is 12.2. The molecule has 0 aromatic rings. The first-order chi connectivity index (χ1) is 8.06. The molecule has 0 aromatic carbocycles. The van der Waals surface area contributed by atoms with Crippen LogP contribution in [0.25, 0.3) is 0 Å². The first kappa shape index (κ1) is 15.0. The largest absolute Gasteiger partial charge is 0.396 e. The monoisotopic (exact) mass is 241 g/mol. The lowest BCUT2D eigenvalue weighted by molar-refractivity contribution is 0.0141.